The highest BCUT2D eigenvalue weighted by Crippen LogP contribution is 2.51. The van der Waals surface area contributed by atoms with Gasteiger partial charge >= 0.3 is 7.82 Å². The summed E-state index contributed by atoms with van der Waals surface area (Å²) in [6.45, 7) is 10.3. The average molecular weight is 291 g/mol. The summed E-state index contributed by atoms with van der Waals surface area (Å²) in [5.74, 6) is 0. The summed E-state index contributed by atoms with van der Waals surface area (Å²) in [6.07, 6.45) is 0. The topological polar surface area (TPSA) is 63.2 Å². The Bertz CT molecular complexity index is 248. The van der Waals surface area contributed by atoms with Crippen LogP contribution >= 0.6 is 19.4 Å². The van der Waals surface area contributed by atoms with Crippen LogP contribution in [0.2, 0.25) is 0 Å². The first-order valence-electron chi connectivity index (χ1n) is 5.03. The lowest BCUT2D eigenvalue weighted by Crippen LogP contribution is -2.22. The van der Waals surface area contributed by atoms with Crippen molar-refractivity contribution < 1.29 is 28.2 Å². The van der Waals surface area contributed by atoms with Gasteiger partial charge in [-0.25, -0.2) is 14.3 Å². The maximum absolute atomic E-state index is 11.9. The van der Waals surface area contributed by atoms with E-state index in [0.29, 0.717) is 0 Å². The molecule has 0 rings (SSSR count). The van der Waals surface area contributed by atoms with Crippen LogP contribution in [0.1, 0.15) is 41.5 Å². The minimum atomic E-state index is -3.99. The van der Waals surface area contributed by atoms with Crippen molar-refractivity contribution >= 4 is 19.4 Å². The van der Waals surface area contributed by atoms with Gasteiger partial charge < -0.3 is 0 Å². The van der Waals surface area contributed by atoms with E-state index < -0.39 is 19.0 Å². The molecule has 0 saturated carbocycles. The molecule has 6 nitrogen and oxygen atoms in total. The van der Waals surface area contributed by atoms with Crippen LogP contribution in [-0.2, 0) is 28.2 Å². The minimum absolute atomic E-state index is 0.377. The summed E-state index contributed by atoms with van der Waals surface area (Å²) in [5, 5.41) is 0. The molecule has 0 aliphatic carbocycles. The molecule has 8 heteroatoms. The minimum Gasteiger partial charge on any atom is -0.268 e. The highest BCUT2D eigenvalue weighted by Gasteiger charge is 2.34. The maximum Gasteiger partial charge on any atom is 0.530 e. The number of rotatable bonds is 6. The fourth-order valence-electron chi connectivity index (χ4n) is 0.430. The van der Waals surface area contributed by atoms with Crippen LogP contribution < -0.4 is 0 Å². The van der Waals surface area contributed by atoms with Gasteiger partial charge in [-0.2, -0.15) is 0 Å². The maximum atomic E-state index is 11.9. The Labute approximate surface area is 107 Å². The first-order chi connectivity index (χ1) is 7.47. The van der Waals surface area contributed by atoms with E-state index in [-0.39, 0.29) is 6.07 Å². The molecule has 0 fully saturated rings. The Kier molecular flexibility index (Phi) is 6.60. The summed E-state index contributed by atoms with van der Waals surface area (Å²) in [7, 11) is -3.99. The predicted molar refractivity (Wildman–Crippen MR) is 63.3 cm³/mol. The number of hydrogen-bond acceptors (Lipinski definition) is 6. The van der Waals surface area contributed by atoms with Gasteiger partial charge in [-0.3, -0.25) is 4.52 Å². The lowest BCUT2D eigenvalue weighted by atomic mass is 10.2. The Morgan fingerprint density at radius 3 is 1.53 bits per heavy atom. The Balaban J connectivity index is 4.41. The first kappa shape index (κ1) is 17.3. The van der Waals surface area contributed by atoms with Crippen LogP contribution in [-0.4, -0.2) is 17.3 Å². The first-order valence-corrected chi connectivity index (χ1v) is 7.02. The van der Waals surface area contributed by atoms with E-state index in [4.69, 9.17) is 21.4 Å². The fourth-order valence-corrected chi connectivity index (χ4v) is 1.65. The monoisotopic (exact) mass is 290 g/mol. The third-order valence-electron chi connectivity index (χ3n) is 0.964. The van der Waals surface area contributed by atoms with Gasteiger partial charge in [0.25, 0.3) is 0 Å². The van der Waals surface area contributed by atoms with Crippen molar-refractivity contribution in [1.82, 2.24) is 0 Å². The van der Waals surface area contributed by atoms with Crippen molar-refractivity contribution in [3.8, 4) is 0 Å². The van der Waals surface area contributed by atoms with Crippen LogP contribution in [0.15, 0.2) is 0 Å². The van der Waals surface area contributed by atoms with Crippen LogP contribution in [0.4, 0.5) is 0 Å². The van der Waals surface area contributed by atoms with Crippen molar-refractivity contribution in [3.05, 3.63) is 0 Å². The van der Waals surface area contributed by atoms with Crippen LogP contribution in [0.5, 0.6) is 0 Å². The molecule has 0 heterocycles. The Morgan fingerprint density at radius 2 is 1.29 bits per heavy atom. The standard InChI is InChI=1S/C9H20ClO6P/c1-8(2,3)13-15-17(11,12-7-10)16-14-9(4,5)6/h7H2,1-6H3. The zero-order chi connectivity index (χ0) is 13.7. The van der Waals surface area contributed by atoms with E-state index in [0.717, 1.165) is 0 Å². The molecule has 0 bridgehead atoms. The van der Waals surface area contributed by atoms with Gasteiger partial charge in [-0.05, 0) is 41.5 Å². The van der Waals surface area contributed by atoms with E-state index in [9.17, 15) is 4.57 Å². The second-order valence-electron chi connectivity index (χ2n) is 5.23. The molecule has 0 aliphatic heterocycles. The zero-order valence-electron chi connectivity index (χ0n) is 11.0. The van der Waals surface area contributed by atoms with E-state index in [1.54, 1.807) is 41.5 Å². The molecular weight excluding hydrogens is 271 g/mol. The summed E-state index contributed by atoms with van der Waals surface area (Å²) < 4.78 is 25.8. The van der Waals surface area contributed by atoms with E-state index in [2.05, 4.69) is 13.9 Å². The third kappa shape index (κ3) is 9.97. The molecule has 0 atom stereocenters. The molecule has 0 aliphatic rings. The lowest BCUT2D eigenvalue weighted by Gasteiger charge is -2.23. The van der Waals surface area contributed by atoms with Crippen molar-refractivity contribution in [2.45, 2.75) is 52.7 Å². The number of halogens is 1. The second kappa shape index (κ2) is 6.48. The predicted octanol–water partition coefficient (Wildman–Crippen LogP) is 3.80. The molecule has 0 aromatic carbocycles. The highest BCUT2D eigenvalue weighted by atomic mass is 35.5. The Morgan fingerprint density at radius 1 is 0.941 bits per heavy atom. The van der Waals surface area contributed by atoms with Crippen LogP contribution in [0.3, 0.4) is 0 Å². The van der Waals surface area contributed by atoms with Crippen molar-refractivity contribution in [2.24, 2.45) is 0 Å². The van der Waals surface area contributed by atoms with E-state index in [1.165, 1.54) is 0 Å². The van der Waals surface area contributed by atoms with Gasteiger partial charge in [0.2, 0.25) is 0 Å². The second-order valence-corrected chi connectivity index (χ2v) is 6.89. The number of alkyl halides is 1. The van der Waals surface area contributed by atoms with Gasteiger partial charge in [-0.15, -0.1) is 9.35 Å². The quantitative estimate of drug-likeness (QED) is 0.321. The van der Waals surface area contributed by atoms with Crippen LogP contribution in [0, 0.1) is 0 Å². The summed E-state index contributed by atoms with van der Waals surface area (Å²) in [4.78, 5) is 9.72. The Hall–Kier alpha value is 0.320. The average Bonchev–Trinajstić information content (AvgIpc) is 2.11. The lowest BCUT2D eigenvalue weighted by molar-refractivity contribution is -0.337. The normalized spacial score (nSPS) is 14.1. The zero-order valence-corrected chi connectivity index (χ0v) is 12.6. The largest absolute Gasteiger partial charge is 0.530 e. The molecule has 0 unspecified atom stereocenters. The molecule has 0 aromatic heterocycles. The highest BCUT2D eigenvalue weighted by molar-refractivity contribution is 7.48. The molecule has 0 radical (unpaired) electrons. The van der Waals surface area contributed by atoms with Gasteiger partial charge in [0.1, 0.15) is 6.07 Å². The molecule has 0 aromatic rings. The van der Waals surface area contributed by atoms with Crippen molar-refractivity contribution in [2.75, 3.05) is 6.07 Å². The molecule has 0 amide bonds. The van der Waals surface area contributed by atoms with Gasteiger partial charge in [0.05, 0.1) is 11.2 Å². The third-order valence-corrected chi connectivity index (χ3v) is 2.18. The van der Waals surface area contributed by atoms with Crippen molar-refractivity contribution in [1.29, 1.82) is 0 Å². The summed E-state index contributed by atoms with van der Waals surface area (Å²) >= 11 is 5.32. The number of phosphoric acid groups is 1. The van der Waals surface area contributed by atoms with Crippen molar-refractivity contribution in [3.63, 3.8) is 0 Å². The molecule has 0 spiro atoms. The molecule has 0 N–H and O–H groups in total. The van der Waals surface area contributed by atoms with E-state index >= 15 is 0 Å². The molecule has 17 heavy (non-hydrogen) atoms. The fraction of sp³-hybridized carbons (Fsp3) is 1.00. The molecule has 0 saturated heterocycles. The van der Waals surface area contributed by atoms with Gasteiger partial charge in [-0.1, -0.05) is 11.6 Å². The molecule has 104 valence electrons. The number of hydrogen-bond donors (Lipinski definition) is 0. The van der Waals surface area contributed by atoms with Crippen LogP contribution in [0.25, 0.3) is 0 Å². The van der Waals surface area contributed by atoms with Gasteiger partial charge in [0, 0.05) is 0 Å². The van der Waals surface area contributed by atoms with Gasteiger partial charge in [0.15, 0.2) is 0 Å². The SMILES string of the molecule is CC(C)(C)OOP(=O)(OCCl)OOC(C)(C)C. The summed E-state index contributed by atoms with van der Waals surface area (Å²) in [5.41, 5.74) is -1.34. The smallest absolute Gasteiger partial charge is 0.268 e. The summed E-state index contributed by atoms with van der Waals surface area (Å²) in [6, 6.07) is -0.377. The molecular formula is C9H20ClO6P. The van der Waals surface area contributed by atoms with E-state index in [1.807, 2.05) is 0 Å².